The van der Waals surface area contributed by atoms with E-state index in [0.29, 0.717) is 31.3 Å². The molecule has 5 nitrogen and oxygen atoms in total. The minimum absolute atomic E-state index is 0.0573. The fraction of sp³-hybridized carbons (Fsp3) is 0.571. The number of carbonyl (C=O) groups is 4. The van der Waals surface area contributed by atoms with Crippen LogP contribution in [0.1, 0.15) is 25.7 Å². The fourth-order valence-corrected chi connectivity index (χ4v) is 4.57. The minimum atomic E-state index is -0.532. The van der Waals surface area contributed by atoms with Crippen LogP contribution in [0.25, 0.3) is 0 Å². The van der Waals surface area contributed by atoms with Crippen LogP contribution in [-0.2, 0) is 19.2 Å². The molecule has 2 unspecified atom stereocenters. The molecule has 0 saturated heterocycles. The first-order valence-corrected chi connectivity index (χ1v) is 6.65. The lowest BCUT2D eigenvalue weighted by molar-refractivity contribution is -0.158. The predicted octanol–water partition coefficient (Wildman–Crippen LogP) is 0.144. The topological polar surface area (TPSA) is 80.3 Å². The molecule has 2 atom stereocenters. The van der Waals surface area contributed by atoms with Crippen LogP contribution >= 0.6 is 0 Å². The summed E-state index contributed by atoms with van der Waals surface area (Å²) in [7, 11) is 0. The van der Waals surface area contributed by atoms with Crippen molar-refractivity contribution < 1.29 is 19.2 Å². The van der Waals surface area contributed by atoms with Gasteiger partial charge in [-0.3, -0.25) is 24.5 Å². The maximum atomic E-state index is 12.1. The third-order valence-corrected chi connectivity index (χ3v) is 5.26. The van der Waals surface area contributed by atoms with Gasteiger partial charge in [-0.05, 0) is 25.7 Å². The first-order chi connectivity index (χ1) is 9.00. The summed E-state index contributed by atoms with van der Waals surface area (Å²) in [6.07, 6.45) is 3.67. The Kier molecular flexibility index (Phi) is 1.87. The molecule has 5 heteroatoms. The molecule has 1 heterocycles. The summed E-state index contributed by atoms with van der Waals surface area (Å²) >= 11 is 0. The summed E-state index contributed by atoms with van der Waals surface area (Å²) in [5.41, 5.74) is 0.0771. The minimum Gasteiger partial charge on any atom is -0.299 e. The summed E-state index contributed by atoms with van der Waals surface area (Å²) in [6.45, 7) is 0. The third kappa shape index (κ3) is 1.25. The van der Waals surface area contributed by atoms with E-state index in [4.69, 9.17) is 0 Å². The van der Waals surface area contributed by atoms with E-state index in [1.165, 1.54) is 6.08 Å². The molecule has 4 fully saturated rings. The van der Waals surface area contributed by atoms with E-state index in [1.54, 1.807) is 0 Å². The highest BCUT2D eigenvalue weighted by Crippen LogP contribution is 2.60. The molecule has 2 amide bonds. The molecule has 5 rings (SSSR count). The lowest BCUT2D eigenvalue weighted by atomic mass is 9.47. The lowest BCUT2D eigenvalue weighted by Crippen LogP contribution is -2.57. The highest BCUT2D eigenvalue weighted by molar-refractivity contribution is 6.17. The molecule has 0 radical (unpaired) electrons. The molecular formula is C14H13NO4. The SMILES string of the molecule is O=C1C=C(C23CC4CC(C2)C(=O)C(C3)C4=O)C(=O)N1. The Morgan fingerprint density at radius 2 is 1.63 bits per heavy atom. The molecule has 0 aromatic rings. The van der Waals surface area contributed by atoms with Crippen LogP contribution < -0.4 is 5.32 Å². The number of amides is 2. The standard InChI is InChI=1S/C14H13NO4/c16-10-2-9(13(19)15-10)14-3-6-1-7(4-14)12(18)8(5-14)11(6)17/h2,6-8H,1,3-5H2,(H,15,16,19). The van der Waals surface area contributed by atoms with Gasteiger partial charge >= 0.3 is 0 Å². The summed E-state index contributed by atoms with van der Waals surface area (Å²) in [5.74, 6) is -1.33. The number of rotatable bonds is 1. The molecule has 0 aromatic carbocycles. The van der Waals surface area contributed by atoms with Crippen molar-refractivity contribution in [3.8, 4) is 0 Å². The Balaban J connectivity index is 1.80. The Morgan fingerprint density at radius 1 is 1.00 bits per heavy atom. The van der Waals surface area contributed by atoms with Crippen LogP contribution in [0.4, 0.5) is 0 Å². The second kappa shape index (κ2) is 3.21. The quantitative estimate of drug-likeness (QED) is 0.536. The van der Waals surface area contributed by atoms with E-state index in [0.717, 1.165) is 0 Å². The van der Waals surface area contributed by atoms with E-state index in [-0.39, 0.29) is 35.2 Å². The highest BCUT2D eigenvalue weighted by atomic mass is 16.2. The number of Topliss-reactive ketones (excluding diaryl/α,β-unsaturated/α-hetero) is 2. The van der Waals surface area contributed by atoms with E-state index < -0.39 is 11.3 Å². The van der Waals surface area contributed by atoms with Crippen molar-refractivity contribution in [1.29, 1.82) is 0 Å². The van der Waals surface area contributed by atoms with Gasteiger partial charge in [-0.15, -0.1) is 0 Å². The van der Waals surface area contributed by atoms with Crippen LogP contribution in [0.15, 0.2) is 11.6 Å². The van der Waals surface area contributed by atoms with Gasteiger partial charge in [-0.2, -0.15) is 0 Å². The van der Waals surface area contributed by atoms with Gasteiger partial charge in [0.05, 0.1) is 5.92 Å². The van der Waals surface area contributed by atoms with Crippen LogP contribution in [-0.4, -0.2) is 23.4 Å². The molecular weight excluding hydrogens is 246 g/mol. The van der Waals surface area contributed by atoms with E-state index in [1.807, 2.05) is 0 Å². The maximum absolute atomic E-state index is 12.1. The van der Waals surface area contributed by atoms with Gasteiger partial charge in [0.1, 0.15) is 11.6 Å². The molecule has 4 aliphatic carbocycles. The molecule has 4 bridgehead atoms. The summed E-state index contributed by atoms with van der Waals surface area (Å²) in [5, 5.41) is 2.27. The van der Waals surface area contributed by atoms with Crippen molar-refractivity contribution in [1.82, 2.24) is 5.32 Å². The molecule has 5 aliphatic rings. The first kappa shape index (κ1) is 11.1. The average Bonchev–Trinajstić information content (AvgIpc) is 2.71. The average molecular weight is 259 g/mol. The number of hydrogen-bond donors (Lipinski definition) is 1. The van der Waals surface area contributed by atoms with Crippen molar-refractivity contribution >= 4 is 23.4 Å². The van der Waals surface area contributed by atoms with Gasteiger partial charge in [-0.25, -0.2) is 0 Å². The third-order valence-electron chi connectivity index (χ3n) is 5.26. The fourth-order valence-electron chi connectivity index (χ4n) is 4.57. The first-order valence-electron chi connectivity index (χ1n) is 6.65. The van der Waals surface area contributed by atoms with Crippen molar-refractivity contribution in [3.05, 3.63) is 11.6 Å². The smallest absolute Gasteiger partial charge is 0.254 e. The van der Waals surface area contributed by atoms with Gasteiger partial charge in [0.15, 0.2) is 0 Å². The highest BCUT2D eigenvalue weighted by Gasteiger charge is 2.61. The summed E-state index contributed by atoms with van der Waals surface area (Å²) in [6, 6.07) is 0. The number of nitrogens with one attached hydrogen (secondary N) is 1. The van der Waals surface area contributed by atoms with Gasteiger partial charge in [0.2, 0.25) is 0 Å². The molecule has 4 saturated carbocycles. The van der Waals surface area contributed by atoms with Gasteiger partial charge in [0.25, 0.3) is 11.8 Å². The van der Waals surface area contributed by atoms with Crippen LogP contribution in [0.3, 0.4) is 0 Å². The summed E-state index contributed by atoms with van der Waals surface area (Å²) < 4.78 is 0. The Morgan fingerprint density at radius 3 is 2.16 bits per heavy atom. The van der Waals surface area contributed by atoms with Crippen LogP contribution in [0, 0.1) is 23.2 Å². The zero-order valence-corrected chi connectivity index (χ0v) is 10.3. The number of hydrogen-bond acceptors (Lipinski definition) is 4. The van der Waals surface area contributed by atoms with Gasteiger partial charge < -0.3 is 0 Å². The summed E-state index contributed by atoms with van der Waals surface area (Å²) in [4.78, 5) is 47.4. The number of ketones is 2. The van der Waals surface area contributed by atoms with Crippen molar-refractivity contribution in [2.75, 3.05) is 0 Å². The molecule has 1 aliphatic heterocycles. The van der Waals surface area contributed by atoms with Crippen LogP contribution in [0.5, 0.6) is 0 Å². The molecule has 0 aromatic heterocycles. The van der Waals surface area contributed by atoms with E-state index in [9.17, 15) is 19.2 Å². The van der Waals surface area contributed by atoms with Gasteiger partial charge in [-0.1, -0.05) is 0 Å². The van der Waals surface area contributed by atoms with Crippen LogP contribution in [0.2, 0.25) is 0 Å². The molecule has 1 N–H and O–H groups in total. The van der Waals surface area contributed by atoms with E-state index >= 15 is 0 Å². The van der Waals surface area contributed by atoms with Crippen molar-refractivity contribution in [2.24, 2.45) is 23.2 Å². The Hall–Kier alpha value is -1.78. The number of imide groups is 1. The zero-order chi connectivity index (χ0) is 13.4. The monoisotopic (exact) mass is 259 g/mol. The second-order valence-corrected chi connectivity index (χ2v) is 6.26. The van der Waals surface area contributed by atoms with Crippen molar-refractivity contribution in [3.63, 3.8) is 0 Å². The molecule has 19 heavy (non-hydrogen) atoms. The Bertz CT molecular complexity index is 564. The largest absolute Gasteiger partial charge is 0.299 e. The zero-order valence-electron chi connectivity index (χ0n) is 10.3. The second-order valence-electron chi connectivity index (χ2n) is 6.26. The van der Waals surface area contributed by atoms with Crippen molar-refractivity contribution in [2.45, 2.75) is 25.7 Å². The van der Waals surface area contributed by atoms with E-state index in [2.05, 4.69) is 5.32 Å². The Labute approximate surface area is 109 Å². The lowest BCUT2D eigenvalue weighted by Gasteiger charge is -2.54. The predicted molar refractivity (Wildman–Crippen MR) is 62.6 cm³/mol. The molecule has 0 spiro atoms. The molecule has 98 valence electrons. The number of carbonyl (C=O) groups excluding carboxylic acids is 4. The normalized spacial score (nSPS) is 43.8. The van der Waals surface area contributed by atoms with Gasteiger partial charge in [0, 0.05) is 28.9 Å². The maximum Gasteiger partial charge on any atom is 0.254 e.